The molecule has 8 nitrogen and oxygen atoms in total. The van der Waals surface area contributed by atoms with E-state index in [-0.39, 0.29) is 23.4 Å². The summed E-state index contributed by atoms with van der Waals surface area (Å²) in [6, 6.07) is 16.8. The number of hydrogen-bond donors (Lipinski definition) is 4. The van der Waals surface area contributed by atoms with Crippen molar-refractivity contribution in [3.05, 3.63) is 92.9 Å². The van der Waals surface area contributed by atoms with Gasteiger partial charge in [-0.3, -0.25) is 14.9 Å². The quantitative estimate of drug-likeness (QED) is 0.101. The molecule has 0 heterocycles. The third kappa shape index (κ3) is 8.69. The number of nitrogen functional groups attached to an aromatic ring is 1. The van der Waals surface area contributed by atoms with Crippen LogP contribution < -0.4 is 16.4 Å². The Bertz CT molecular complexity index is 1380. The van der Waals surface area contributed by atoms with Gasteiger partial charge in [-0.2, -0.15) is 0 Å². The third-order valence-electron chi connectivity index (χ3n) is 5.93. The maximum absolute atomic E-state index is 12.8. The van der Waals surface area contributed by atoms with Gasteiger partial charge in [-0.05, 0) is 96.2 Å². The number of benzene rings is 3. The number of nitrogens with one attached hydrogen (secondary N) is 2. The molecular formula is C29H29Br2N3O5. The van der Waals surface area contributed by atoms with Crippen LogP contribution >= 0.6 is 31.9 Å². The Balaban J connectivity index is 1.70. The summed E-state index contributed by atoms with van der Waals surface area (Å²) in [5.41, 5.74) is 8.28. The number of nitrogens with two attached hydrogens (primary N) is 1. The van der Waals surface area contributed by atoms with Gasteiger partial charge in [-0.25, -0.2) is 4.79 Å². The topological polar surface area (TPSA) is 131 Å². The molecule has 5 N–H and O–H groups in total. The van der Waals surface area contributed by atoms with Crippen molar-refractivity contribution in [3.63, 3.8) is 0 Å². The van der Waals surface area contributed by atoms with Crippen LogP contribution in [0.25, 0.3) is 0 Å². The lowest BCUT2D eigenvalue weighted by molar-refractivity contribution is -0.111. The molecule has 3 aromatic carbocycles. The lowest BCUT2D eigenvalue weighted by Gasteiger charge is -2.26. The van der Waals surface area contributed by atoms with Gasteiger partial charge in [0.2, 0.25) is 5.91 Å². The van der Waals surface area contributed by atoms with Crippen molar-refractivity contribution in [2.45, 2.75) is 32.8 Å². The number of allylic oxidation sites excluding steroid dienone is 1. The number of phenols is 1. The fourth-order valence-corrected chi connectivity index (χ4v) is 5.08. The molecule has 2 amide bonds. The summed E-state index contributed by atoms with van der Waals surface area (Å²) in [4.78, 5) is 36.6. The van der Waals surface area contributed by atoms with Crippen LogP contribution in [0.1, 0.15) is 48.7 Å². The van der Waals surface area contributed by atoms with E-state index in [4.69, 9.17) is 10.5 Å². The smallest absolute Gasteiger partial charge is 0.412 e. The molecule has 3 aromatic rings. The summed E-state index contributed by atoms with van der Waals surface area (Å²) in [6.45, 7) is 3.36. The Morgan fingerprint density at radius 1 is 1.05 bits per heavy atom. The van der Waals surface area contributed by atoms with Crippen molar-refractivity contribution in [1.29, 1.82) is 0 Å². The molecule has 0 spiro atoms. The Hall–Kier alpha value is -3.63. The van der Waals surface area contributed by atoms with Crippen LogP contribution in [0, 0.1) is 5.92 Å². The highest BCUT2D eigenvalue weighted by Crippen LogP contribution is 2.40. The lowest BCUT2D eigenvalue weighted by atomic mass is 9.92. The number of hydrogen-bond acceptors (Lipinski definition) is 6. The molecule has 204 valence electrons. The number of halogens is 2. The minimum Gasteiger partial charge on any atom is -0.506 e. The zero-order valence-corrected chi connectivity index (χ0v) is 24.6. The Morgan fingerprint density at radius 2 is 1.74 bits per heavy atom. The first-order valence-electron chi connectivity index (χ1n) is 12.1. The molecule has 0 bridgehead atoms. The molecule has 3 rings (SSSR count). The van der Waals surface area contributed by atoms with E-state index >= 15 is 0 Å². The summed E-state index contributed by atoms with van der Waals surface area (Å²) in [7, 11) is 0. The average Bonchev–Trinajstić information content (AvgIpc) is 2.89. The maximum Gasteiger partial charge on any atom is 0.412 e. The van der Waals surface area contributed by atoms with E-state index in [2.05, 4.69) is 42.5 Å². The van der Waals surface area contributed by atoms with E-state index in [1.165, 1.54) is 13.0 Å². The fourth-order valence-electron chi connectivity index (χ4n) is 3.83. The van der Waals surface area contributed by atoms with E-state index in [0.29, 0.717) is 50.0 Å². The van der Waals surface area contributed by atoms with Crippen LogP contribution in [-0.4, -0.2) is 22.9 Å². The van der Waals surface area contributed by atoms with Crippen molar-refractivity contribution in [1.82, 2.24) is 0 Å². The highest BCUT2D eigenvalue weighted by Gasteiger charge is 2.27. The highest BCUT2D eigenvalue weighted by molar-refractivity contribution is 9.11. The molecule has 0 aliphatic carbocycles. The summed E-state index contributed by atoms with van der Waals surface area (Å²) >= 11 is 6.76. The van der Waals surface area contributed by atoms with Gasteiger partial charge in [-0.15, -0.1) is 0 Å². The number of ketones is 1. The van der Waals surface area contributed by atoms with Gasteiger partial charge in [0.25, 0.3) is 0 Å². The van der Waals surface area contributed by atoms with Crippen LogP contribution in [0.15, 0.2) is 81.8 Å². The van der Waals surface area contributed by atoms with Crippen molar-refractivity contribution in [2.24, 2.45) is 5.92 Å². The highest BCUT2D eigenvalue weighted by atomic mass is 79.9. The van der Waals surface area contributed by atoms with Crippen molar-refractivity contribution in [2.75, 3.05) is 16.4 Å². The number of aromatic hydroxyl groups is 1. The molecule has 0 saturated heterocycles. The Morgan fingerprint density at radius 3 is 2.41 bits per heavy atom. The zero-order valence-electron chi connectivity index (χ0n) is 21.4. The zero-order chi connectivity index (χ0) is 28.5. The number of ether oxygens (including phenoxy) is 1. The second kappa shape index (κ2) is 14.0. The number of carbonyl (C=O) groups is 3. The van der Waals surface area contributed by atoms with Gasteiger partial charge in [0, 0.05) is 21.3 Å². The molecule has 0 fully saturated rings. The fraction of sp³-hybridized carbons (Fsp3) is 0.207. The van der Waals surface area contributed by atoms with Crippen LogP contribution in [0.5, 0.6) is 5.75 Å². The molecular weight excluding hydrogens is 630 g/mol. The molecule has 0 aliphatic heterocycles. The molecule has 0 aliphatic rings. The Kier molecular flexibility index (Phi) is 10.7. The van der Waals surface area contributed by atoms with Gasteiger partial charge < -0.3 is 20.9 Å². The molecule has 0 radical (unpaired) electrons. The number of amides is 2. The molecule has 39 heavy (non-hydrogen) atoms. The molecule has 0 saturated carbocycles. The predicted molar refractivity (Wildman–Crippen MR) is 160 cm³/mol. The van der Waals surface area contributed by atoms with Crippen LogP contribution in [0.4, 0.5) is 21.9 Å². The SMILES string of the molecule is CC(=O)c1ccc(NC(=O)O[C@H](c2cc(Br)cc(Br)c2O)[C@H](C)CC/C=C/C(=O)Nc2ccccc2N)cc1. The van der Waals surface area contributed by atoms with Crippen LogP contribution in [0.2, 0.25) is 0 Å². The molecule has 10 heteroatoms. The van der Waals surface area contributed by atoms with Gasteiger partial charge in [0.05, 0.1) is 15.8 Å². The normalized spacial score (nSPS) is 12.5. The van der Waals surface area contributed by atoms with Gasteiger partial charge in [0.1, 0.15) is 11.9 Å². The predicted octanol–water partition coefficient (Wildman–Crippen LogP) is 7.60. The number of Topliss-reactive ketones (excluding diaryl/α,β-unsaturated/α-hetero) is 1. The van der Waals surface area contributed by atoms with E-state index in [0.717, 1.165) is 0 Å². The summed E-state index contributed by atoms with van der Waals surface area (Å²) in [5, 5.41) is 16.1. The minimum absolute atomic E-state index is 0.0379. The van der Waals surface area contributed by atoms with E-state index < -0.39 is 12.2 Å². The number of anilines is 3. The molecule has 2 atom stereocenters. The maximum atomic E-state index is 12.8. The van der Waals surface area contributed by atoms with E-state index in [1.807, 2.05) is 6.92 Å². The number of para-hydroxylation sites is 2. The third-order valence-corrected chi connectivity index (χ3v) is 6.99. The second-order valence-electron chi connectivity index (χ2n) is 8.94. The van der Waals surface area contributed by atoms with Crippen molar-refractivity contribution >= 4 is 66.7 Å². The number of phenolic OH excluding ortho intramolecular Hbond substituents is 1. The largest absolute Gasteiger partial charge is 0.506 e. The van der Waals surface area contributed by atoms with Crippen LogP contribution in [0.3, 0.4) is 0 Å². The summed E-state index contributed by atoms with van der Waals surface area (Å²) in [6.07, 6.45) is 2.71. The number of carbonyl (C=O) groups excluding carboxylic acids is 3. The van der Waals surface area contributed by atoms with E-state index in [9.17, 15) is 19.5 Å². The Labute approximate surface area is 243 Å². The monoisotopic (exact) mass is 657 g/mol. The lowest BCUT2D eigenvalue weighted by Crippen LogP contribution is -2.22. The standard InChI is InChI=1S/C29H29Br2N3O5/c1-17(7-3-6-10-26(36)34-25-9-5-4-8-24(25)32)28(22-15-20(30)16-23(31)27(22)37)39-29(38)33-21-13-11-19(12-14-21)18(2)35/h4-6,8-17,28,37H,3,7,32H2,1-2H3,(H,33,38)(H,34,36)/b10-6+/t17-,28+/m1/s1. The first-order valence-corrected chi connectivity index (χ1v) is 13.7. The molecule has 0 aromatic heterocycles. The first-order chi connectivity index (χ1) is 18.5. The first kappa shape index (κ1) is 29.9. The summed E-state index contributed by atoms with van der Waals surface area (Å²) in [5.74, 6) is -0.661. The number of rotatable bonds is 10. The second-order valence-corrected chi connectivity index (χ2v) is 10.7. The van der Waals surface area contributed by atoms with Gasteiger partial charge in [-0.1, -0.05) is 41.1 Å². The van der Waals surface area contributed by atoms with Crippen LogP contribution in [-0.2, 0) is 9.53 Å². The average molecular weight is 659 g/mol. The summed E-state index contributed by atoms with van der Waals surface area (Å²) < 4.78 is 6.95. The van der Waals surface area contributed by atoms with E-state index in [1.54, 1.807) is 66.7 Å². The minimum atomic E-state index is -0.804. The molecule has 0 unspecified atom stereocenters. The van der Waals surface area contributed by atoms with Gasteiger partial charge >= 0.3 is 6.09 Å². The van der Waals surface area contributed by atoms with Gasteiger partial charge in [0.15, 0.2) is 5.78 Å². The van der Waals surface area contributed by atoms with Crippen molar-refractivity contribution in [3.8, 4) is 5.75 Å². The van der Waals surface area contributed by atoms with Crippen molar-refractivity contribution < 1.29 is 24.2 Å².